The van der Waals surface area contributed by atoms with Gasteiger partial charge in [0.1, 0.15) is 0 Å². The van der Waals surface area contributed by atoms with Crippen LogP contribution in [0.2, 0.25) is 0 Å². The van der Waals surface area contributed by atoms with E-state index in [-0.39, 0.29) is 0 Å². The Morgan fingerprint density at radius 3 is 1.90 bits per heavy atom. The normalized spacial score (nSPS) is 29.5. The Hall–Kier alpha value is -0.160. The third kappa shape index (κ3) is 5.79. The van der Waals surface area contributed by atoms with Gasteiger partial charge < -0.3 is 9.80 Å². The van der Waals surface area contributed by atoms with E-state index in [4.69, 9.17) is 0 Å². The van der Waals surface area contributed by atoms with Crippen LogP contribution >= 0.6 is 0 Å². The summed E-state index contributed by atoms with van der Waals surface area (Å²) in [5.41, 5.74) is 1.28. The molecule has 0 aromatic carbocycles. The van der Waals surface area contributed by atoms with Gasteiger partial charge in [-0.3, -0.25) is 9.80 Å². The summed E-state index contributed by atoms with van der Waals surface area (Å²) in [4.78, 5) is 11.1. The SMILES string of the molecule is CCCC1(CN2CCC(C)(CN3CCC(N4CCN(C(C)C)CC4)CC3)CC2)CC1. The summed E-state index contributed by atoms with van der Waals surface area (Å²) in [6.07, 6.45) is 11.4. The molecule has 0 amide bonds. The monoisotopic (exact) mass is 418 g/mol. The van der Waals surface area contributed by atoms with Crippen LogP contribution in [-0.2, 0) is 0 Å². The van der Waals surface area contributed by atoms with Crippen molar-refractivity contribution < 1.29 is 0 Å². The molecule has 0 bridgehead atoms. The number of hydrogen-bond acceptors (Lipinski definition) is 4. The van der Waals surface area contributed by atoms with Gasteiger partial charge in [-0.2, -0.15) is 0 Å². The smallest absolute Gasteiger partial charge is 0.0121 e. The van der Waals surface area contributed by atoms with Crippen molar-refractivity contribution in [3.05, 3.63) is 0 Å². The average Bonchev–Trinajstić information content (AvgIpc) is 3.50. The first-order valence-electron chi connectivity index (χ1n) is 13.3. The fraction of sp³-hybridized carbons (Fsp3) is 1.00. The molecular weight excluding hydrogens is 368 g/mol. The van der Waals surface area contributed by atoms with E-state index in [0.717, 1.165) is 11.5 Å². The Bertz CT molecular complexity index is 519. The molecule has 0 spiro atoms. The average molecular weight is 419 g/mol. The van der Waals surface area contributed by atoms with Gasteiger partial charge in [0.2, 0.25) is 0 Å². The van der Waals surface area contributed by atoms with E-state index in [0.29, 0.717) is 11.5 Å². The molecule has 4 fully saturated rings. The molecule has 3 aliphatic heterocycles. The molecule has 4 heteroatoms. The van der Waals surface area contributed by atoms with Crippen LogP contribution in [0.15, 0.2) is 0 Å². The van der Waals surface area contributed by atoms with Crippen LogP contribution in [-0.4, -0.2) is 97.1 Å². The maximum atomic E-state index is 2.82. The molecule has 0 radical (unpaired) electrons. The van der Waals surface area contributed by atoms with Crippen molar-refractivity contribution in [1.82, 2.24) is 19.6 Å². The van der Waals surface area contributed by atoms with E-state index >= 15 is 0 Å². The van der Waals surface area contributed by atoms with Crippen LogP contribution in [0.4, 0.5) is 0 Å². The second-order valence-electron chi connectivity index (χ2n) is 12.0. The van der Waals surface area contributed by atoms with Gasteiger partial charge in [-0.25, -0.2) is 0 Å². The minimum Gasteiger partial charge on any atom is -0.303 e. The van der Waals surface area contributed by atoms with Crippen LogP contribution in [0.3, 0.4) is 0 Å². The minimum absolute atomic E-state index is 0.549. The molecule has 174 valence electrons. The Morgan fingerprint density at radius 2 is 1.37 bits per heavy atom. The van der Waals surface area contributed by atoms with Gasteiger partial charge in [0.25, 0.3) is 0 Å². The summed E-state index contributed by atoms with van der Waals surface area (Å²) in [5.74, 6) is 0. The first-order valence-corrected chi connectivity index (χ1v) is 13.3. The predicted molar refractivity (Wildman–Crippen MR) is 128 cm³/mol. The zero-order chi connectivity index (χ0) is 21.2. The molecule has 0 aromatic heterocycles. The van der Waals surface area contributed by atoms with Gasteiger partial charge in [0, 0.05) is 51.4 Å². The molecule has 0 unspecified atom stereocenters. The number of hydrogen-bond donors (Lipinski definition) is 0. The molecule has 4 nitrogen and oxygen atoms in total. The van der Waals surface area contributed by atoms with Crippen molar-refractivity contribution >= 4 is 0 Å². The largest absolute Gasteiger partial charge is 0.303 e. The Kier molecular flexibility index (Phi) is 7.49. The number of piperazine rings is 1. The van der Waals surface area contributed by atoms with Crippen molar-refractivity contribution in [2.24, 2.45) is 10.8 Å². The lowest BCUT2D eigenvalue weighted by Gasteiger charge is -2.47. The molecule has 30 heavy (non-hydrogen) atoms. The summed E-state index contributed by atoms with van der Waals surface area (Å²) in [6.45, 7) is 22.8. The zero-order valence-corrected chi connectivity index (χ0v) is 20.7. The highest BCUT2D eigenvalue weighted by Crippen LogP contribution is 2.50. The topological polar surface area (TPSA) is 13.0 Å². The van der Waals surface area contributed by atoms with E-state index in [1.165, 1.54) is 117 Å². The first kappa shape index (κ1) is 23.0. The van der Waals surface area contributed by atoms with E-state index < -0.39 is 0 Å². The number of likely N-dealkylation sites (tertiary alicyclic amines) is 2. The molecule has 3 saturated heterocycles. The lowest BCUT2D eigenvalue weighted by atomic mass is 9.79. The van der Waals surface area contributed by atoms with Crippen LogP contribution in [0.25, 0.3) is 0 Å². The summed E-state index contributed by atoms with van der Waals surface area (Å²) >= 11 is 0. The molecule has 3 heterocycles. The second-order valence-corrected chi connectivity index (χ2v) is 12.0. The quantitative estimate of drug-likeness (QED) is 0.587. The molecule has 1 aliphatic carbocycles. The number of piperidine rings is 2. The standard InChI is InChI=1S/C26H50N4/c1-5-8-26(9-10-26)22-28-15-11-25(4,12-16-28)21-27-13-6-24(7-14-27)30-19-17-29(18-20-30)23(2)3/h23-24H,5-22H2,1-4H3. The minimum atomic E-state index is 0.549. The molecule has 0 aromatic rings. The maximum Gasteiger partial charge on any atom is 0.0121 e. The number of nitrogens with zero attached hydrogens (tertiary/aromatic N) is 4. The summed E-state index contributed by atoms with van der Waals surface area (Å²) in [7, 11) is 0. The highest BCUT2D eigenvalue weighted by molar-refractivity contribution is 4.97. The van der Waals surface area contributed by atoms with Crippen LogP contribution < -0.4 is 0 Å². The van der Waals surface area contributed by atoms with E-state index in [2.05, 4.69) is 47.3 Å². The second kappa shape index (κ2) is 9.77. The summed E-state index contributed by atoms with van der Waals surface area (Å²) < 4.78 is 0. The molecular formula is C26H50N4. The third-order valence-electron chi connectivity index (χ3n) is 9.12. The maximum absolute atomic E-state index is 2.82. The van der Waals surface area contributed by atoms with Crippen molar-refractivity contribution in [3.8, 4) is 0 Å². The molecule has 4 aliphatic rings. The fourth-order valence-electron chi connectivity index (χ4n) is 6.68. The zero-order valence-electron chi connectivity index (χ0n) is 20.7. The van der Waals surface area contributed by atoms with Gasteiger partial charge in [0.15, 0.2) is 0 Å². The van der Waals surface area contributed by atoms with E-state index in [9.17, 15) is 0 Å². The van der Waals surface area contributed by atoms with Gasteiger partial charge in [0.05, 0.1) is 0 Å². The lowest BCUT2D eigenvalue weighted by Crippen LogP contribution is -2.55. The molecule has 0 atom stereocenters. The van der Waals surface area contributed by atoms with Crippen LogP contribution in [0, 0.1) is 10.8 Å². The first-order chi connectivity index (χ1) is 14.4. The molecule has 1 saturated carbocycles. The van der Waals surface area contributed by atoms with Crippen molar-refractivity contribution in [2.75, 3.05) is 65.4 Å². The van der Waals surface area contributed by atoms with Gasteiger partial charge in [-0.05, 0) is 95.8 Å². The van der Waals surface area contributed by atoms with Crippen LogP contribution in [0.5, 0.6) is 0 Å². The van der Waals surface area contributed by atoms with Crippen LogP contribution in [0.1, 0.15) is 79.1 Å². The fourth-order valence-corrected chi connectivity index (χ4v) is 6.68. The molecule has 4 rings (SSSR count). The Balaban J connectivity index is 1.16. The summed E-state index contributed by atoms with van der Waals surface area (Å²) in [6, 6.07) is 1.56. The van der Waals surface area contributed by atoms with Gasteiger partial charge >= 0.3 is 0 Å². The van der Waals surface area contributed by atoms with Gasteiger partial charge in [-0.15, -0.1) is 0 Å². The highest BCUT2D eigenvalue weighted by atomic mass is 15.3. The van der Waals surface area contributed by atoms with E-state index in [1.807, 2.05) is 0 Å². The van der Waals surface area contributed by atoms with Crippen molar-refractivity contribution in [2.45, 2.75) is 91.1 Å². The number of rotatable bonds is 8. The van der Waals surface area contributed by atoms with Crippen molar-refractivity contribution in [3.63, 3.8) is 0 Å². The summed E-state index contributed by atoms with van der Waals surface area (Å²) in [5, 5.41) is 0. The third-order valence-corrected chi connectivity index (χ3v) is 9.12. The Morgan fingerprint density at radius 1 is 0.767 bits per heavy atom. The Labute approximate surface area is 187 Å². The van der Waals surface area contributed by atoms with E-state index in [1.54, 1.807) is 0 Å². The van der Waals surface area contributed by atoms with Crippen molar-refractivity contribution in [1.29, 1.82) is 0 Å². The highest BCUT2D eigenvalue weighted by Gasteiger charge is 2.44. The lowest BCUT2D eigenvalue weighted by molar-refractivity contribution is 0.0244. The predicted octanol–water partition coefficient (Wildman–Crippen LogP) is 4.16. The van der Waals surface area contributed by atoms with Gasteiger partial charge in [-0.1, -0.05) is 20.3 Å². The molecule has 0 N–H and O–H groups in total.